The maximum absolute atomic E-state index is 13.1. The molecule has 5 N–H and O–H groups in total. The van der Waals surface area contributed by atoms with Gasteiger partial charge >= 0.3 is 11.4 Å². The number of anilines is 2. The van der Waals surface area contributed by atoms with Gasteiger partial charge in [-0.3, -0.25) is 27.9 Å². The number of aromatic hydroxyl groups is 1. The first-order valence-corrected chi connectivity index (χ1v) is 8.89. The van der Waals surface area contributed by atoms with Gasteiger partial charge in [0, 0.05) is 33.8 Å². The molecule has 2 heterocycles. The van der Waals surface area contributed by atoms with Crippen molar-refractivity contribution in [2.45, 2.75) is 5.92 Å². The predicted molar refractivity (Wildman–Crippen MR) is 112 cm³/mol. The Bertz CT molecular complexity index is 1320. The molecule has 11 nitrogen and oxygen atoms in total. The summed E-state index contributed by atoms with van der Waals surface area (Å²) in [5.41, 5.74) is 9.39. The maximum atomic E-state index is 13.1. The number of nitrogens with zero attached hydrogens (tertiary/aromatic N) is 4. The largest absolute Gasteiger partial charge is 0.508 e. The van der Waals surface area contributed by atoms with Gasteiger partial charge < -0.3 is 16.6 Å². The maximum Gasteiger partial charge on any atom is 0.332 e. The van der Waals surface area contributed by atoms with Crippen molar-refractivity contribution in [1.29, 1.82) is 0 Å². The average molecular weight is 414 g/mol. The molecule has 0 aliphatic carbocycles. The van der Waals surface area contributed by atoms with E-state index in [-0.39, 0.29) is 34.1 Å². The number of para-hydroxylation sites is 1. The molecule has 1 aromatic carbocycles. The summed E-state index contributed by atoms with van der Waals surface area (Å²) in [6.07, 6.45) is 0. The van der Waals surface area contributed by atoms with E-state index in [1.165, 1.54) is 40.3 Å². The molecule has 0 amide bonds. The lowest BCUT2D eigenvalue weighted by Crippen LogP contribution is -2.44. The van der Waals surface area contributed by atoms with E-state index in [9.17, 15) is 24.3 Å². The van der Waals surface area contributed by atoms with E-state index >= 15 is 0 Å². The Labute approximate surface area is 169 Å². The van der Waals surface area contributed by atoms with Crippen molar-refractivity contribution in [2.24, 2.45) is 28.2 Å². The van der Waals surface area contributed by atoms with Crippen LogP contribution in [0.25, 0.3) is 0 Å². The summed E-state index contributed by atoms with van der Waals surface area (Å²) in [4.78, 5) is 50.7. The minimum absolute atomic E-state index is 0.122. The topological polar surface area (TPSA) is 160 Å². The van der Waals surface area contributed by atoms with E-state index in [1.54, 1.807) is 12.1 Å². The van der Waals surface area contributed by atoms with E-state index in [1.807, 2.05) is 0 Å². The van der Waals surface area contributed by atoms with Crippen LogP contribution in [0.1, 0.15) is 22.6 Å². The van der Waals surface area contributed by atoms with Crippen molar-refractivity contribution >= 4 is 11.6 Å². The van der Waals surface area contributed by atoms with Crippen molar-refractivity contribution in [2.75, 3.05) is 11.5 Å². The van der Waals surface area contributed by atoms with Crippen LogP contribution in [0, 0.1) is 0 Å². The van der Waals surface area contributed by atoms with Gasteiger partial charge in [-0.05, 0) is 6.07 Å². The molecule has 0 bridgehead atoms. The van der Waals surface area contributed by atoms with Gasteiger partial charge in [-0.2, -0.15) is 0 Å². The molecular weight excluding hydrogens is 392 g/mol. The number of phenolic OH excluding ortho intramolecular Hbond substituents is 1. The Morgan fingerprint density at radius 3 is 1.53 bits per heavy atom. The average Bonchev–Trinajstić information content (AvgIpc) is 2.73. The number of aromatic nitrogens is 4. The van der Waals surface area contributed by atoms with E-state index < -0.39 is 28.4 Å². The first-order valence-electron chi connectivity index (χ1n) is 8.89. The second kappa shape index (κ2) is 7.10. The molecule has 158 valence electrons. The second-order valence-corrected chi connectivity index (χ2v) is 7.00. The zero-order valence-electron chi connectivity index (χ0n) is 16.9. The molecular formula is C19H22N6O5. The van der Waals surface area contributed by atoms with Crippen LogP contribution >= 0.6 is 0 Å². The van der Waals surface area contributed by atoms with Crippen molar-refractivity contribution in [3.8, 4) is 5.75 Å². The van der Waals surface area contributed by atoms with Gasteiger partial charge in [0.1, 0.15) is 17.4 Å². The zero-order chi connectivity index (χ0) is 22.5. The molecule has 0 spiro atoms. The highest BCUT2D eigenvalue weighted by molar-refractivity contribution is 5.59. The molecule has 3 rings (SSSR count). The number of benzene rings is 1. The van der Waals surface area contributed by atoms with Gasteiger partial charge in [0.15, 0.2) is 0 Å². The minimum atomic E-state index is -1.23. The fraction of sp³-hybridized carbons (Fsp3) is 0.263. The highest BCUT2D eigenvalue weighted by Crippen LogP contribution is 2.37. The molecule has 0 fully saturated rings. The highest BCUT2D eigenvalue weighted by atomic mass is 16.3. The van der Waals surface area contributed by atoms with Gasteiger partial charge in [0.2, 0.25) is 0 Å². The third-order valence-corrected chi connectivity index (χ3v) is 5.32. The van der Waals surface area contributed by atoms with Crippen molar-refractivity contribution in [3.63, 3.8) is 0 Å². The van der Waals surface area contributed by atoms with Crippen LogP contribution in [0.15, 0.2) is 43.4 Å². The fourth-order valence-corrected chi connectivity index (χ4v) is 3.50. The summed E-state index contributed by atoms with van der Waals surface area (Å²) >= 11 is 0. The lowest BCUT2D eigenvalue weighted by molar-refractivity contribution is 0.466. The summed E-state index contributed by atoms with van der Waals surface area (Å²) in [6, 6.07) is 6.06. The Hall–Kier alpha value is -4.02. The number of nitrogen functional groups attached to an aromatic ring is 2. The first-order chi connectivity index (χ1) is 14.0. The van der Waals surface area contributed by atoms with Crippen molar-refractivity contribution in [3.05, 3.63) is 82.6 Å². The van der Waals surface area contributed by atoms with Crippen molar-refractivity contribution < 1.29 is 5.11 Å². The second-order valence-electron chi connectivity index (χ2n) is 7.00. The van der Waals surface area contributed by atoms with Gasteiger partial charge in [0.25, 0.3) is 11.1 Å². The molecule has 0 saturated heterocycles. The Balaban J connectivity index is 2.62. The van der Waals surface area contributed by atoms with Crippen LogP contribution in [0.5, 0.6) is 5.75 Å². The monoisotopic (exact) mass is 414 g/mol. The third-order valence-electron chi connectivity index (χ3n) is 5.32. The van der Waals surface area contributed by atoms with Gasteiger partial charge in [-0.25, -0.2) is 9.59 Å². The van der Waals surface area contributed by atoms with E-state index in [4.69, 9.17) is 11.5 Å². The number of rotatable bonds is 3. The number of hydrogen-bond donors (Lipinski definition) is 3. The molecule has 2 aromatic heterocycles. The summed E-state index contributed by atoms with van der Waals surface area (Å²) in [5.74, 6) is -1.83. The molecule has 30 heavy (non-hydrogen) atoms. The third kappa shape index (κ3) is 2.82. The fourth-order valence-electron chi connectivity index (χ4n) is 3.50. The Morgan fingerprint density at radius 2 is 1.13 bits per heavy atom. The summed E-state index contributed by atoms with van der Waals surface area (Å²) in [6.45, 7) is 0. The van der Waals surface area contributed by atoms with Crippen LogP contribution in [0.4, 0.5) is 11.6 Å². The van der Waals surface area contributed by atoms with E-state index in [0.29, 0.717) is 0 Å². The molecule has 0 aliphatic rings. The molecule has 0 atom stereocenters. The molecule has 0 unspecified atom stereocenters. The molecule has 0 aliphatic heterocycles. The quantitative estimate of drug-likeness (QED) is 0.471. The van der Waals surface area contributed by atoms with Gasteiger partial charge in [-0.1, -0.05) is 18.2 Å². The Morgan fingerprint density at radius 1 is 0.733 bits per heavy atom. The summed E-state index contributed by atoms with van der Waals surface area (Å²) in [5, 5.41) is 10.5. The van der Waals surface area contributed by atoms with Crippen LogP contribution in [-0.4, -0.2) is 23.4 Å². The van der Waals surface area contributed by atoms with Crippen molar-refractivity contribution in [1.82, 2.24) is 18.3 Å². The first kappa shape index (κ1) is 20.7. The summed E-state index contributed by atoms with van der Waals surface area (Å²) in [7, 11) is 5.31. The van der Waals surface area contributed by atoms with Gasteiger partial charge in [-0.15, -0.1) is 0 Å². The standard InChI is InChI=1S/C19H22N6O5/c1-22-14(20)12(16(27)24(3)18(22)29)11(9-7-5-6-8-10(9)26)13-15(21)23(2)19(30)25(4)17(13)28/h5-8,11,26H,20-21H2,1-4H3. The predicted octanol–water partition coefficient (Wildman–Crippen LogP) is -1.47. The van der Waals surface area contributed by atoms with E-state index in [0.717, 1.165) is 18.3 Å². The minimum Gasteiger partial charge on any atom is -0.508 e. The van der Waals surface area contributed by atoms with E-state index in [2.05, 4.69) is 0 Å². The van der Waals surface area contributed by atoms with Gasteiger partial charge in [0.05, 0.1) is 17.0 Å². The Kier molecular flexibility index (Phi) is 4.90. The molecule has 11 heteroatoms. The summed E-state index contributed by atoms with van der Waals surface area (Å²) < 4.78 is 3.82. The number of nitrogens with two attached hydrogens (primary N) is 2. The lowest BCUT2D eigenvalue weighted by Gasteiger charge is -2.24. The zero-order valence-corrected chi connectivity index (χ0v) is 16.9. The number of hydrogen-bond acceptors (Lipinski definition) is 7. The van der Waals surface area contributed by atoms with Crippen LogP contribution in [0.2, 0.25) is 0 Å². The molecule has 0 radical (unpaired) electrons. The lowest BCUT2D eigenvalue weighted by atomic mass is 9.85. The van der Waals surface area contributed by atoms with Crippen LogP contribution < -0.4 is 34.0 Å². The highest BCUT2D eigenvalue weighted by Gasteiger charge is 2.32. The normalized spacial score (nSPS) is 11.2. The SMILES string of the molecule is Cn1c(N)c(C(c2ccccc2O)c2c(N)n(C)c(=O)n(C)c2=O)c(=O)n(C)c1=O. The van der Waals surface area contributed by atoms with Crippen LogP contribution in [0.3, 0.4) is 0 Å². The van der Waals surface area contributed by atoms with Crippen LogP contribution in [-0.2, 0) is 28.2 Å². The number of phenols is 1. The smallest absolute Gasteiger partial charge is 0.332 e. The molecule has 0 saturated carbocycles. The molecule has 3 aromatic rings.